The number of piperazine rings is 1. The molecular weight excluding hydrogens is 298 g/mol. The normalized spacial score (nSPS) is 33.8. The molecule has 4 nitrogen and oxygen atoms in total. The molecule has 1 saturated heterocycles. The minimum atomic E-state index is 0.372. The zero-order valence-corrected chi connectivity index (χ0v) is 13.4. The van der Waals surface area contributed by atoms with Gasteiger partial charge in [0.25, 0.3) is 0 Å². The summed E-state index contributed by atoms with van der Waals surface area (Å²) in [6, 6.07) is 8.44. The highest BCUT2D eigenvalue weighted by Crippen LogP contribution is 2.45. The van der Waals surface area contributed by atoms with Gasteiger partial charge in [-0.15, -0.1) is 0 Å². The van der Waals surface area contributed by atoms with Crippen molar-refractivity contribution in [3.8, 4) is 0 Å². The third-order valence-corrected chi connectivity index (χ3v) is 5.98. The fourth-order valence-corrected chi connectivity index (χ4v) is 4.89. The van der Waals surface area contributed by atoms with E-state index in [1.165, 1.54) is 19.3 Å². The molecule has 1 heterocycles. The van der Waals surface area contributed by atoms with Gasteiger partial charge >= 0.3 is 0 Å². The Morgan fingerprint density at radius 3 is 2.59 bits per heavy atom. The number of oxime groups is 1. The molecule has 4 rings (SSSR count). The Balaban J connectivity index is 1.45. The standard InChI is InChI=1S/C17H22ClN3O/c18-14-3-1-2-4-15(14)20-7-9-21(10-8-20)17-13-6-5-12(11-13)16(17)19-22/h1-4,12-13,17,22H,5-11H2/b19-16+. The van der Waals surface area contributed by atoms with Crippen molar-refractivity contribution in [2.45, 2.75) is 25.3 Å². The number of benzene rings is 1. The van der Waals surface area contributed by atoms with Crippen LogP contribution in [0.25, 0.3) is 0 Å². The number of rotatable bonds is 2. The fraction of sp³-hybridized carbons (Fsp3) is 0.588. The Morgan fingerprint density at radius 2 is 1.86 bits per heavy atom. The van der Waals surface area contributed by atoms with Crippen LogP contribution in [-0.4, -0.2) is 48.0 Å². The smallest absolute Gasteiger partial charge is 0.0775 e. The van der Waals surface area contributed by atoms with Crippen LogP contribution in [-0.2, 0) is 0 Å². The van der Waals surface area contributed by atoms with Crippen molar-refractivity contribution in [2.24, 2.45) is 17.0 Å². The van der Waals surface area contributed by atoms with Crippen molar-refractivity contribution in [3.63, 3.8) is 0 Å². The summed E-state index contributed by atoms with van der Waals surface area (Å²) < 4.78 is 0. The maximum atomic E-state index is 9.39. The number of nitrogens with zero attached hydrogens (tertiary/aromatic N) is 3. The maximum absolute atomic E-state index is 9.39. The summed E-state index contributed by atoms with van der Waals surface area (Å²) in [5, 5.41) is 13.9. The predicted octanol–water partition coefficient (Wildman–Crippen LogP) is 3.09. The maximum Gasteiger partial charge on any atom is 0.0775 e. The van der Waals surface area contributed by atoms with Crippen molar-refractivity contribution >= 4 is 23.0 Å². The summed E-state index contributed by atoms with van der Waals surface area (Å²) in [4.78, 5) is 4.88. The SMILES string of the molecule is O/N=C1\C2CCC(C2)C1N1CCN(c2ccccc2Cl)CC1. The summed E-state index contributed by atoms with van der Waals surface area (Å²) in [5.41, 5.74) is 2.18. The van der Waals surface area contributed by atoms with E-state index in [1.807, 2.05) is 18.2 Å². The minimum Gasteiger partial charge on any atom is -0.411 e. The van der Waals surface area contributed by atoms with Crippen molar-refractivity contribution < 1.29 is 5.21 Å². The summed E-state index contributed by atoms with van der Waals surface area (Å²) in [6.07, 6.45) is 3.72. The van der Waals surface area contributed by atoms with Gasteiger partial charge in [-0.1, -0.05) is 28.9 Å². The molecule has 1 aromatic rings. The Morgan fingerprint density at radius 1 is 1.09 bits per heavy atom. The molecule has 3 unspecified atom stereocenters. The third-order valence-electron chi connectivity index (χ3n) is 5.66. The lowest BCUT2D eigenvalue weighted by molar-refractivity contribution is 0.181. The van der Waals surface area contributed by atoms with E-state index in [1.54, 1.807) is 0 Å². The van der Waals surface area contributed by atoms with Crippen LogP contribution in [0.3, 0.4) is 0 Å². The van der Waals surface area contributed by atoms with Gasteiger partial charge in [0.05, 0.1) is 22.5 Å². The minimum absolute atomic E-state index is 0.372. The predicted molar refractivity (Wildman–Crippen MR) is 89.1 cm³/mol. The average molecular weight is 320 g/mol. The largest absolute Gasteiger partial charge is 0.411 e. The third kappa shape index (κ3) is 2.29. The number of anilines is 1. The highest BCUT2D eigenvalue weighted by Gasteiger charge is 2.48. The highest BCUT2D eigenvalue weighted by molar-refractivity contribution is 6.33. The highest BCUT2D eigenvalue weighted by atomic mass is 35.5. The van der Waals surface area contributed by atoms with E-state index >= 15 is 0 Å². The molecule has 0 spiro atoms. The molecule has 5 heteroatoms. The molecule has 1 aromatic carbocycles. The molecule has 118 valence electrons. The van der Waals surface area contributed by atoms with E-state index in [0.29, 0.717) is 17.9 Å². The van der Waals surface area contributed by atoms with Crippen LogP contribution in [0.15, 0.2) is 29.4 Å². The first-order valence-corrected chi connectivity index (χ1v) is 8.61. The van der Waals surface area contributed by atoms with E-state index in [2.05, 4.69) is 21.0 Å². The summed E-state index contributed by atoms with van der Waals surface area (Å²) >= 11 is 6.31. The van der Waals surface area contributed by atoms with Gasteiger partial charge in [0.15, 0.2) is 0 Å². The first kappa shape index (κ1) is 14.3. The molecular formula is C17H22ClN3O. The molecule has 22 heavy (non-hydrogen) atoms. The van der Waals surface area contributed by atoms with E-state index < -0.39 is 0 Å². The lowest BCUT2D eigenvalue weighted by atomic mass is 9.91. The Bertz CT molecular complexity index is 583. The summed E-state index contributed by atoms with van der Waals surface area (Å²) in [5.74, 6) is 1.23. The first-order chi connectivity index (χ1) is 10.8. The van der Waals surface area contributed by atoms with Crippen LogP contribution in [0.5, 0.6) is 0 Å². The van der Waals surface area contributed by atoms with E-state index in [4.69, 9.17) is 11.6 Å². The molecule has 0 amide bonds. The van der Waals surface area contributed by atoms with Gasteiger partial charge in [-0.3, -0.25) is 4.90 Å². The van der Waals surface area contributed by atoms with Crippen LogP contribution in [0.4, 0.5) is 5.69 Å². The molecule has 2 saturated carbocycles. The Kier molecular flexibility index (Phi) is 3.74. The second-order valence-electron chi connectivity index (χ2n) is 6.71. The van der Waals surface area contributed by atoms with E-state index in [-0.39, 0.29) is 0 Å². The zero-order chi connectivity index (χ0) is 15.1. The number of fused-ring (bicyclic) bond motifs is 2. The quantitative estimate of drug-likeness (QED) is 0.672. The van der Waals surface area contributed by atoms with Crippen LogP contribution in [0.2, 0.25) is 5.02 Å². The second kappa shape index (κ2) is 5.74. The lowest BCUT2D eigenvalue weighted by Crippen LogP contribution is -2.54. The molecule has 2 bridgehead atoms. The van der Waals surface area contributed by atoms with Gasteiger partial charge in [-0.05, 0) is 37.3 Å². The van der Waals surface area contributed by atoms with Crippen LogP contribution in [0.1, 0.15) is 19.3 Å². The van der Waals surface area contributed by atoms with Gasteiger partial charge < -0.3 is 10.1 Å². The zero-order valence-electron chi connectivity index (χ0n) is 12.7. The van der Waals surface area contributed by atoms with Crippen LogP contribution < -0.4 is 4.90 Å². The molecule has 1 N–H and O–H groups in total. The average Bonchev–Trinajstić information content (AvgIpc) is 3.16. The molecule has 1 aliphatic heterocycles. The Hall–Kier alpha value is -1.26. The van der Waals surface area contributed by atoms with Gasteiger partial charge in [0.2, 0.25) is 0 Å². The fourth-order valence-electron chi connectivity index (χ4n) is 4.63. The van der Waals surface area contributed by atoms with Crippen molar-refractivity contribution in [2.75, 3.05) is 31.1 Å². The van der Waals surface area contributed by atoms with Crippen molar-refractivity contribution in [1.82, 2.24) is 4.90 Å². The molecule has 2 aliphatic carbocycles. The second-order valence-corrected chi connectivity index (χ2v) is 7.12. The summed E-state index contributed by atoms with van der Waals surface area (Å²) in [6.45, 7) is 3.99. The lowest BCUT2D eigenvalue weighted by Gasteiger charge is -2.41. The van der Waals surface area contributed by atoms with Gasteiger partial charge in [-0.25, -0.2) is 0 Å². The van der Waals surface area contributed by atoms with Crippen molar-refractivity contribution in [3.05, 3.63) is 29.3 Å². The monoisotopic (exact) mass is 319 g/mol. The first-order valence-electron chi connectivity index (χ1n) is 8.23. The van der Waals surface area contributed by atoms with Gasteiger partial charge in [-0.2, -0.15) is 0 Å². The summed E-state index contributed by atoms with van der Waals surface area (Å²) in [7, 11) is 0. The topological polar surface area (TPSA) is 39.1 Å². The van der Waals surface area contributed by atoms with Crippen molar-refractivity contribution in [1.29, 1.82) is 0 Å². The van der Waals surface area contributed by atoms with E-state index in [0.717, 1.165) is 42.6 Å². The van der Waals surface area contributed by atoms with E-state index in [9.17, 15) is 5.21 Å². The molecule has 3 fully saturated rings. The molecule has 3 aliphatic rings. The number of para-hydroxylation sites is 1. The van der Waals surface area contributed by atoms with Gasteiger partial charge in [0, 0.05) is 32.1 Å². The molecule has 0 radical (unpaired) electrons. The Labute approximate surface area is 136 Å². The molecule has 0 aromatic heterocycles. The number of hydrogen-bond acceptors (Lipinski definition) is 4. The van der Waals surface area contributed by atoms with Crippen LogP contribution in [0, 0.1) is 11.8 Å². The van der Waals surface area contributed by atoms with Crippen LogP contribution >= 0.6 is 11.6 Å². The number of halogens is 1. The molecule has 3 atom stereocenters. The van der Waals surface area contributed by atoms with Gasteiger partial charge in [0.1, 0.15) is 0 Å². The number of hydrogen-bond donors (Lipinski definition) is 1.